The Hall–Kier alpha value is -2.29. The maximum Gasteiger partial charge on any atom is 0.328 e. The Labute approximate surface area is 145 Å². The minimum Gasteiger partial charge on any atom is -0.478 e. The number of hydrogen-bond acceptors (Lipinski definition) is 2. The van der Waals surface area contributed by atoms with Gasteiger partial charge in [0, 0.05) is 24.4 Å². The second kappa shape index (κ2) is 8.00. The molecule has 0 saturated heterocycles. The highest BCUT2D eigenvalue weighted by molar-refractivity contribution is 5.81. The first-order chi connectivity index (χ1) is 11.4. The Morgan fingerprint density at radius 1 is 1.21 bits per heavy atom. The SMILES string of the molecule is CC(C=CC(C)=Cc1ccc2c(c1)CCCN2C(C)C)=CC(=O)O. The number of aliphatic carboxylic acids is 1. The number of carboxylic acid groups (broad SMARTS) is 1. The van der Waals surface area contributed by atoms with Crippen molar-refractivity contribution in [3.63, 3.8) is 0 Å². The van der Waals surface area contributed by atoms with Crippen LogP contribution < -0.4 is 4.90 Å². The molecular formula is C21H27NO2. The van der Waals surface area contributed by atoms with Gasteiger partial charge in [-0.05, 0) is 69.4 Å². The first kappa shape index (κ1) is 18.1. The van der Waals surface area contributed by atoms with Crippen LogP contribution in [0.1, 0.15) is 45.2 Å². The van der Waals surface area contributed by atoms with Crippen molar-refractivity contribution in [2.75, 3.05) is 11.4 Å². The number of nitrogens with zero attached hydrogens (tertiary/aromatic N) is 1. The van der Waals surface area contributed by atoms with Gasteiger partial charge in [-0.3, -0.25) is 0 Å². The summed E-state index contributed by atoms with van der Waals surface area (Å²) < 4.78 is 0. The Morgan fingerprint density at radius 2 is 1.92 bits per heavy atom. The van der Waals surface area contributed by atoms with Crippen LogP contribution in [-0.2, 0) is 11.2 Å². The molecule has 1 aromatic carbocycles. The molecule has 128 valence electrons. The summed E-state index contributed by atoms with van der Waals surface area (Å²) in [4.78, 5) is 13.1. The molecule has 1 aliphatic rings. The molecule has 0 bridgehead atoms. The molecule has 1 N–H and O–H groups in total. The Kier molecular flexibility index (Phi) is 6.02. The van der Waals surface area contributed by atoms with E-state index in [1.807, 2.05) is 19.1 Å². The van der Waals surface area contributed by atoms with E-state index in [0.717, 1.165) is 24.1 Å². The van der Waals surface area contributed by atoms with E-state index < -0.39 is 5.97 Å². The number of fused-ring (bicyclic) bond motifs is 1. The van der Waals surface area contributed by atoms with Crippen molar-refractivity contribution >= 4 is 17.7 Å². The fourth-order valence-corrected chi connectivity index (χ4v) is 3.09. The first-order valence-corrected chi connectivity index (χ1v) is 8.54. The van der Waals surface area contributed by atoms with Crippen molar-refractivity contribution in [3.8, 4) is 0 Å². The maximum absolute atomic E-state index is 10.6. The van der Waals surface area contributed by atoms with Gasteiger partial charge in [0.2, 0.25) is 0 Å². The van der Waals surface area contributed by atoms with Gasteiger partial charge in [-0.1, -0.05) is 29.9 Å². The van der Waals surface area contributed by atoms with Crippen LogP contribution in [0.15, 0.2) is 47.6 Å². The standard InChI is InChI=1S/C21H27NO2/c1-15(2)22-11-5-6-19-14-18(9-10-20(19)22)12-16(3)7-8-17(4)13-21(23)24/h7-10,12-15H,5-6,11H2,1-4H3,(H,23,24). The smallest absolute Gasteiger partial charge is 0.328 e. The number of allylic oxidation sites excluding steroid dienone is 4. The van der Waals surface area contributed by atoms with Crippen molar-refractivity contribution < 1.29 is 9.90 Å². The average molecular weight is 325 g/mol. The summed E-state index contributed by atoms with van der Waals surface area (Å²) in [6, 6.07) is 7.20. The van der Waals surface area contributed by atoms with E-state index in [4.69, 9.17) is 5.11 Å². The molecule has 3 heteroatoms. The molecule has 0 atom stereocenters. The third-order valence-corrected chi connectivity index (χ3v) is 4.24. The first-order valence-electron chi connectivity index (χ1n) is 8.54. The molecule has 0 saturated carbocycles. The highest BCUT2D eigenvalue weighted by Gasteiger charge is 2.18. The quantitative estimate of drug-likeness (QED) is 0.622. The van der Waals surface area contributed by atoms with Gasteiger partial charge < -0.3 is 10.0 Å². The number of carbonyl (C=O) groups is 1. The molecule has 0 spiro atoms. The number of anilines is 1. The zero-order valence-corrected chi connectivity index (χ0v) is 15.0. The number of carboxylic acids is 1. The lowest BCUT2D eigenvalue weighted by atomic mass is 9.97. The summed E-state index contributed by atoms with van der Waals surface area (Å²) in [5.74, 6) is -0.914. The molecule has 0 aromatic heterocycles. The molecule has 1 aliphatic heterocycles. The number of rotatable bonds is 5. The van der Waals surface area contributed by atoms with E-state index in [1.165, 1.54) is 29.3 Å². The second-order valence-corrected chi connectivity index (χ2v) is 6.73. The van der Waals surface area contributed by atoms with Crippen molar-refractivity contribution in [3.05, 3.63) is 58.7 Å². The monoisotopic (exact) mass is 325 g/mol. The molecule has 3 nitrogen and oxygen atoms in total. The van der Waals surface area contributed by atoms with Crippen molar-refractivity contribution in [2.24, 2.45) is 0 Å². The lowest BCUT2D eigenvalue weighted by molar-refractivity contribution is -0.131. The number of hydrogen-bond donors (Lipinski definition) is 1. The van der Waals surface area contributed by atoms with Gasteiger partial charge in [0.15, 0.2) is 0 Å². The maximum atomic E-state index is 10.6. The Bertz CT molecular complexity index is 696. The van der Waals surface area contributed by atoms with E-state index >= 15 is 0 Å². The van der Waals surface area contributed by atoms with E-state index in [1.54, 1.807) is 6.92 Å². The van der Waals surface area contributed by atoms with Gasteiger partial charge >= 0.3 is 5.97 Å². The van der Waals surface area contributed by atoms with Gasteiger partial charge in [0.25, 0.3) is 0 Å². The van der Waals surface area contributed by atoms with Crippen LogP contribution >= 0.6 is 0 Å². The lowest BCUT2D eigenvalue weighted by Gasteiger charge is -2.34. The minimum absolute atomic E-state index is 0.527. The fraction of sp³-hybridized carbons (Fsp3) is 0.381. The fourth-order valence-electron chi connectivity index (χ4n) is 3.09. The summed E-state index contributed by atoms with van der Waals surface area (Å²) in [6.07, 6.45) is 9.47. The van der Waals surface area contributed by atoms with E-state index in [9.17, 15) is 4.79 Å². The predicted octanol–water partition coefficient (Wildman–Crippen LogP) is 4.84. The molecule has 0 aliphatic carbocycles. The van der Waals surface area contributed by atoms with E-state index in [-0.39, 0.29) is 0 Å². The largest absolute Gasteiger partial charge is 0.478 e. The molecule has 0 fully saturated rings. The molecule has 0 unspecified atom stereocenters. The summed E-state index contributed by atoms with van der Waals surface area (Å²) in [5.41, 5.74) is 5.81. The third-order valence-electron chi connectivity index (χ3n) is 4.24. The normalized spacial score (nSPS) is 16.0. The zero-order chi connectivity index (χ0) is 17.7. The third kappa shape index (κ3) is 4.85. The van der Waals surface area contributed by atoms with Gasteiger partial charge in [0.05, 0.1) is 0 Å². The van der Waals surface area contributed by atoms with E-state index in [0.29, 0.717) is 6.04 Å². The average Bonchev–Trinajstić information content (AvgIpc) is 2.51. The number of aryl methyl sites for hydroxylation is 1. The molecule has 1 heterocycles. The van der Waals surface area contributed by atoms with Gasteiger partial charge in [-0.2, -0.15) is 0 Å². The van der Waals surface area contributed by atoms with Crippen LogP contribution in [-0.4, -0.2) is 23.7 Å². The topological polar surface area (TPSA) is 40.5 Å². The Morgan fingerprint density at radius 3 is 2.58 bits per heavy atom. The zero-order valence-electron chi connectivity index (χ0n) is 15.0. The summed E-state index contributed by atoms with van der Waals surface area (Å²) in [6.45, 7) is 9.44. The molecule has 0 amide bonds. The van der Waals surface area contributed by atoms with Crippen molar-refractivity contribution in [1.29, 1.82) is 0 Å². The van der Waals surface area contributed by atoms with Crippen LogP contribution in [0.4, 0.5) is 5.69 Å². The van der Waals surface area contributed by atoms with E-state index in [2.05, 4.69) is 43.0 Å². The molecule has 0 radical (unpaired) electrons. The van der Waals surface area contributed by atoms with Gasteiger partial charge in [-0.25, -0.2) is 4.79 Å². The van der Waals surface area contributed by atoms with Crippen LogP contribution in [0.3, 0.4) is 0 Å². The van der Waals surface area contributed by atoms with Crippen LogP contribution in [0.5, 0.6) is 0 Å². The summed E-state index contributed by atoms with van der Waals surface area (Å²) in [5, 5.41) is 8.73. The summed E-state index contributed by atoms with van der Waals surface area (Å²) in [7, 11) is 0. The molecular weight excluding hydrogens is 298 g/mol. The van der Waals surface area contributed by atoms with Crippen LogP contribution in [0.2, 0.25) is 0 Å². The predicted molar refractivity (Wildman–Crippen MR) is 101 cm³/mol. The summed E-state index contributed by atoms with van der Waals surface area (Å²) >= 11 is 0. The second-order valence-electron chi connectivity index (χ2n) is 6.73. The molecule has 2 rings (SSSR count). The van der Waals surface area contributed by atoms with Crippen LogP contribution in [0.25, 0.3) is 6.08 Å². The van der Waals surface area contributed by atoms with Gasteiger partial charge in [-0.15, -0.1) is 0 Å². The highest BCUT2D eigenvalue weighted by Crippen LogP contribution is 2.30. The Balaban J connectivity index is 2.18. The minimum atomic E-state index is -0.914. The van der Waals surface area contributed by atoms with Crippen molar-refractivity contribution in [2.45, 2.75) is 46.6 Å². The molecule has 24 heavy (non-hydrogen) atoms. The lowest BCUT2D eigenvalue weighted by Crippen LogP contribution is -2.35. The number of benzene rings is 1. The molecule has 1 aromatic rings. The van der Waals surface area contributed by atoms with Crippen molar-refractivity contribution in [1.82, 2.24) is 0 Å². The van der Waals surface area contributed by atoms with Crippen LogP contribution in [0, 0.1) is 0 Å². The van der Waals surface area contributed by atoms with Gasteiger partial charge in [0.1, 0.15) is 0 Å². The highest BCUT2D eigenvalue weighted by atomic mass is 16.4.